The Morgan fingerprint density at radius 2 is 2.17 bits per heavy atom. The largest absolute Gasteiger partial charge is 0.344 e. The highest BCUT2D eigenvalue weighted by molar-refractivity contribution is 6.35. The zero-order valence-electron chi connectivity index (χ0n) is 10.1. The maximum absolute atomic E-state index is 6.36. The number of fused-ring (bicyclic) bond motifs is 1. The highest BCUT2D eigenvalue weighted by atomic mass is 35.5. The third-order valence-corrected chi connectivity index (χ3v) is 3.22. The summed E-state index contributed by atoms with van der Waals surface area (Å²) in [5, 5.41) is 5.37. The smallest absolute Gasteiger partial charge is 0.257 e. The summed E-state index contributed by atoms with van der Waals surface area (Å²) in [4.78, 5) is 4.03. The van der Waals surface area contributed by atoms with Gasteiger partial charge in [0.05, 0.1) is 10.5 Å². The van der Waals surface area contributed by atoms with Gasteiger partial charge in [0, 0.05) is 23.2 Å². The Kier molecular flexibility index (Phi) is 2.59. The molecule has 92 valence electrons. The summed E-state index contributed by atoms with van der Waals surface area (Å²) in [5.41, 5.74) is 1.88. The molecule has 0 aliphatic heterocycles. The van der Waals surface area contributed by atoms with E-state index in [0.29, 0.717) is 17.0 Å². The summed E-state index contributed by atoms with van der Waals surface area (Å²) in [7, 11) is 0. The van der Waals surface area contributed by atoms with Crippen LogP contribution in [0.5, 0.6) is 0 Å². The monoisotopic (exact) mass is 261 g/mol. The maximum atomic E-state index is 6.36. The molecule has 0 unspecified atom stereocenters. The van der Waals surface area contributed by atoms with Crippen molar-refractivity contribution < 1.29 is 4.52 Å². The van der Waals surface area contributed by atoms with Gasteiger partial charge in [-0.1, -0.05) is 16.8 Å². The third-order valence-electron chi connectivity index (χ3n) is 2.93. The number of halogens is 1. The van der Waals surface area contributed by atoms with Crippen molar-refractivity contribution in [1.82, 2.24) is 14.7 Å². The summed E-state index contributed by atoms with van der Waals surface area (Å²) in [6.07, 6.45) is 3.42. The van der Waals surface area contributed by atoms with Crippen LogP contribution in [-0.4, -0.2) is 14.7 Å². The molecule has 0 N–H and O–H groups in total. The molecule has 0 radical (unpaired) electrons. The van der Waals surface area contributed by atoms with E-state index >= 15 is 0 Å². The first-order chi connectivity index (χ1) is 8.66. The highest BCUT2D eigenvalue weighted by Crippen LogP contribution is 2.32. The molecule has 18 heavy (non-hydrogen) atoms. The zero-order chi connectivity index (χ0) is 12.7. The summed E-state index contributed by atoms with van der Waals surface area (Å²) < 4.78 is 7.20. The minimum atomic E-state index is 0.370. The summed E-state index contributed by atoms with van der Waals surface area (Å²) in [5.74, 6) is 0.482. The number of hydrogen-bond acceptors (Lipinski definition) is 3. The predicted octanol–water partition coefficient (Wildman–Crippen LogP) is 3.93. The van der Waals surface area contributed by atoms with E-state index < -0.39 is 0 Å². The van der Waals surface area contributed by atoms with Crippen LogP contribution in [0.15, 0.2) is 35.2 Å². The van der Waals surface area contributed by atoms with Crippen LogP contribution in [0, 0.1) is 0 Å². The molecule has 0 aliphatic carbocycles. The average molecular weight is 262 g/mol. The maximum Gasteiger partial charge on any atom is 0.257 e. The van der Waals surface area contributed by atoms with Crippen molar-refractivity contribution in [1.29, 1.82) is 0 Å². The molecular weight excluding hydrogens is 250 g/mol. The number of hydrogen-bond donors (Lipinski definition) is 0. The van der Waals surface area contributed by atoms with Crippen LogP contribution < -0.4 is 0 Å². The van der Waals surface area contributed by atoms with Crippen molar-refractivity contribution in [2.24, 2.45) is 0 Å². The van der Waals surface area contributed by atoms with Crippen LogP contribution in [-0.2, 0) is 0 Å². The van der Waals surface area contributed by atoms with Crippen LogP contribution >= 0.6 is 11.6 Å². The second kappa shape index (κ2) is 4.14. The van der Waals surface area contributed by atoms with Crippen molar-refractivity contribution in [3.8, 4) is 11.5 Å². The summed E-state index contributed by atoms with van der Waals surface area (Å²) in [6, 6.07) is 6.28. The Balaban J connectivity index is 2.24. The molecule has 0 aliphatic rings. The first-order valence-corrected chi connectivity index (χ1v) is 6.12. The van der Waals surface area contributed by atoms with Gasteiger partial charge in [0.1, 0.15) is 0 Å². The Morgan fingerprint density at radius 3 is 2.83 bits per heavy atom. The quantitative estimate of drug-likeness (QED) is 0.702. The number of rotatable bonds is 2. The number of aromatic nitrogens is 3. The van der Waals surface area contributed by atoms with Gasteiger partial charge < -0.3 is 9.09 Å². The minimum Gasteiger partial charge on any atom is -0.344 e. The topological polar surface area (TPSA) is 43.9 Å². The lowest BCUT2D eigenvalue weighted by atomic mass is 10.1. The Labute approximate surface area is 109 Å². The lowest BCUT2D eigenvalue weighted by Crippen LogP contribution is -1.98. The van der Waals surface area contributed by atoms with Gasteiger partial charge in [-0.05, 0) is 32.0 Å². The van der Waals surface area contributed by atoms with Crippen LogP contribution in [0.1, 0.15) is 19.9 Å². The van der Waals surface area contributed by atoms with Gasteiger partial charge in [-0.25, -0.2) is 0 Å². The van der Waals surface area contributed by atoms with Gasteiger partial charge in [0.15, 0.2) is 6.33 Å². The fourth-order valence-corrected chi connectivity index (χ4v) is 2.43. The van der Waals surface area contributed by atoms with Gasteiger partial charge in [-0.2, -0.15) is 4.98 Å². The number of benzene rings is 1. The zero-order valence-corrected chi connectivity index (χ0v) is 10.8. The highest BCUT2D eigenvalue weighted by Gasteiger charge is 2.12. The first kappa shape index (κ1) is 11.3. The molecule has 0 saturated carbocycles. The normalized spacial score (nSPS) is 11.6. The van der Waals surface area contributed by atoms with E-state index in [1.807, 2.05) is 24.4 Å². The van der Waals surface area contributed by atoms with E-state index in [-0.39, 0.29) is 0 Å². The molecule has 0 atom stereocenters. The standard InChI is InChI=1S/C13H12ClN3O/c1-8(2)17-4-3-9-5-10(6-11(14)12(9)17)13-15-7-16-18-13/h3-8H,1-2H3. The molecule has 2 aromatic heterocycles. The number of nitrogens with zero attached hydrogens (tertiary/aromatic N) is 3. The van der Waals surface area contributed by atoms with Crippen LogP contribution in [0.2, 0.25) is 5.02 Å². The Bertz CT molecular complexity index is 686. The van der Waals surface area contributed by atoms with Gasteiger partial charge in [-0.3, -0.25) is 0 Å². The average Bonchev–Trinajstić information content (AvgIpc) is 2.97. The Morgan fingerprint density at radius 1 is 1.33 bits per heavy atom. The molecule has 2 heterocycles. The van der Waals surface area contributed by atoms with Gasteiger partial charge >= 0.3 is 0 Å². The van der Waals surface area contributed by atoms with Crippen LogP contribution in [0.3, 0.4) is 0 Å². The first-order valence-electron chi connectivity index (χ1n) is 5.74. The second-order valence-electron chi connectivity index (χ2n) is 4.46. The van der Waals surface area contributed by atoms with E-state index in [9.17, 15) is 0 Å². The van der Waals surface area contributed by atoms with E-state index in [0.717, 1.165) is 16.5 Å². The van der Waals surface area contributed by atoms with Crippen molar-refractivity contribution in [3.63, 3.8) is 0 Å². The van der Waals surface area contributed by atoms with Crippen molar-refractivity contribution >= 4 is 22.5 Å². The fourth-order valence-electron chi connectivity index (χ4n) is 2.11. The van der Waals surface area contributed by atoms with E-state index in [4.69, 9.17) is 16.1 Å². The fraction of sp³-hybridized carbons (Fsp3) is 0.231. The third kappa shape index (κ3) is 1.69. The van der Waals surface area contributed by atoms with Crippen LogP contribution in [0.4, 0.5) is 0 Å². The Hall–Kier alpha value is -1.81. The molecule has 5 heteroatoms. The van der Waals surface area contributed by atoms with Gasteiger partial charge in [-0.15, -0.1) is 0 Å². The molecule has 0 saturated heterocycles. The molecule has 3 rings (SSSR count). The molecule has 0 fully saturated rings. The summed E-state index contributed by atoms with van der Waals surface area (Å²) >= 11 is 6.36. The van der Waals surface area contributed by atoms with Crippen molar-refractivity contribution in [3.05, 3.63) is 35.7 Å². The second-order valence-corrected chi connectivity index (χ2v) is 4.87. The molecule has 0 bridgehead atoms. The molecular formula is C13H12ClN3O. The summed E-state index contributed by atoms with van der Waals surface area (Å²) in [6.45, 7) is 4.25. The van der Waals surface area contributed by atoms with Crippen molar-refractivity contribution in [2.45, 2.75) is 19.9 Å². The van der Waals surface area contributed by atoms with E-state index in [2.05, 4.69) is 28.6 Å². The lowest BCUT2D eigenvalue weighted by Gasteiger charge is -2.10. The van der Waals surface area contributed by atoms with E-state index in [1.54, 1.807) is 0 Å². The molecule has 0 amide bonds. The van der Waals surface area contributed by atoms with Crippen LogP contribution in [0.25, 0.3) is 22.4 Å². The predicted molar refractivity (Wildman–Crippen MR) is 70.6 cm³/mol. The lowest BCUT2D eigenvalue weighted by molar-refractivity contribution is 0.430. The molecule has 0 spiro atoms. The van der Waals surface area contributed by atoms with Gasteiger partial charge in [0.2, 0.25) is 0 Å². The molecule has 1 aromatic carbocycles. The van der Waals surface area contributed by atoms with Gasteiger partial charge in [0.25, 0.3) is 5.89 Å². The minimum absolute atomic E-state index is 0.370. The molecule has 3 aromatic rings. The molecule has 4 nitrogen and oxygen atoms in total. The van der Waals surface area contributed by atoms with Crippen molar-refractivity contribution in [2.75, 3.05) is 0 Å². The van der Waals surface area contributed by atoms with E-state index in [1.165, 1.54) is 6.33 Å². The SMILES string of the molecule is CC(C)n1ccc2cc(-c3ncno3)cc(Cl)c21.